The fourth-order valence-corrected chi connectivity index (χ4v) is 2.32. The van der Waals surface area contributed by atoms with Gasteiger partial charge in [0.2, 0.25) is 0 Å². The monoisotopic (exact) mass is 207 g/mol. The second-order valence-electron chi connectivity index (χ2n) is 4.10. The molecule has 0 atom stereocenters. The van der Waals surface area contributed by atoms with Crippen LogP contribution in [-0.4, -0.2) is 19.4 Å². The van der Waals surface area contributed by atoms with Gasteiger partial charge in [-0.1, -0.05) is 0 Å². The van der Waals surface area contributed by atoms with E-state index in [1.807, 2.05) is 6.92 Å². The maximum absolute atomic E-state index is 11.9. The molecular formula is C12H17NO2. The molecule has 0 saturated carbocycles. The minimum atomic E-state index is 0.155. The molecule has 0 fully saturated rings. The summed E-state index contributed by atoms with van der Waals surface area (Å²) in [7, 11) is 1.79. The number of Topliss-reactive ketones (excluding diaryl/α,β-unsaturated/α-hetero) is 1. The Bertz CT molecular complexity index is 379. The van der Waals surface area contributed by atoms with E-state index in [9.17, 15) is 4.79 Å². The number of nitrogens with one attached hydrogen (secondary N) is 1. The van der Waals surface area contributed by atoms with Gasteiger partial charge in [0.1, 0.15) is 11.5 Å². The Hall–Kier alpha value is -1.09. The zero-order chi connectivity index (χ0) is 10.8. The Kier molecular flexibility index (Phi) is 2.91. The van der Waals surface area contributed by atoms with Crippen molar-refractivity contribution in [2.24, 2.45) is 0 Å². The zero-order valence-corrected chi connectivity index (χ0v) is 9.35. The maximum atomic E-state index is 11.9. The van der Waals surface area contributed by atoms with Crippen LogP contribution in [-0.2, 0) is 12.8 Å². The first-order valence-corrected chi connectivity index (χ1v) is 5.53. The molecule has 1 aromatic rings. The molecule has 1 aliphatic carbocycles. The molecule has 82 valence electrons. The highest BCUT2D eigenvalue weighted by atomic mass is 16.3. The zero-order valence-electron chi connectivity index (χ0n) is 9.35. The number of carbonyl (C=O) groups is 1. The van der Waals surface area contributed by atoms with Gasteiger partial charge in [-0.05, 0) is 33.2 Å². The van der Waals surface area contributed by atoms with E-state index >= 15 is 0 Å². The summed E-state index contributed by atoms with van der Waals surface area (Å²) in [4.78, 5) is 11.9. The van der Waals surface area contributed by atoms with Gasteiger partial charge in [-0.15, -0.1) is 0 Å². The summed E-state index contributed by atoms with van der Waals surface area (Å²) in [5.41, 5.74) is 2.00. The number of aryl methyl sites for hydroxylation is 2. The fourth-order valence-electron chi connectivity index (χ4n) is 2.32. The topological polar surface area (TPSA) is 42.2 Å². The molecule has 0 spiro atoms. The molecule has 0 unspecified atom stereocenters. The van der Waals surface area contributed by atoms with Crippen molar-refractivity contribution in [2.45, 2.75) is 32.6 Å². The third-order valence-electron chi connectivity index (χ3n) is 2.96. The molecule has 0 amide bonds. The third kappa shape index (κ3) is 1.84. The first-order valence-electron chi connectivity index (χ1n) is 5.53. The lowest BCUT2D eigenvalue weighted by atomic mass is 9.93. The van der Waals surface area contributed by atoms with Gasteiger partial charge < -0.3 is 9.73 Å². The molecule has 0 saturated heterocycles. The predicted molar refractivity (Wildman–Crippen MR) is 58.3 cm³/mol. The van der Waals surface area contributed by atoms with Crippen LogP contribution in [0.4, 0.5) is 0 Å². The summed E-state index contributed by atoms with van der Waals surface area (Å²) in [6, 6.07) is 0. The summed E-state index contributed by atoms with van der Waals surface area (Å²) in [5.74, 6) is 1.99. The smallest absolute Gasteiger partial charge is 0.180 e. The van der Waals surface area contributed by atoms with Crippen molar-refractivity contribution >= 4 is 5.78 Å². The summed E-state index contributed by atoms with van der Waals surface area (Å²) < 4.78 is 5.66. The van der Waals surface area contributed by atoms with Crippen molar-refractivity contribution in [3.8, 4) is 0 Å². The van der Waals surface area contributed by atoms with Crippen LogP contribution in [0.15, 0.2) is 4.42 Å². The van der Waals surface area contributed by atoms with E-state index in [0.717, 1.165) is 29.9 Å². The molecule has 3 nitrogen and oxygen atoms in total. The molecule has 0 aromatic carbocycles. The molecule has 0 aliphatic heterocycles. The summed E-state index contributed by atoms with van der Waals surface area (Å²) >= 11 is 0. The second kappa shape index (κ2) is 4.19. The van der Waals surface area contributed by atoms with E-state index in [-0.39, 0.29) is 5.78 Å². The van der Waals surface area contributed by atoms with Crippen molar-refractivity contribution in [1.29, 1.82) is 0 Å². The lowest BCUT2D eigenvalue weighted by Crippen LogP contribution is -2.20. The number of carbonyl (C=O) groups excluding carboxylic acids is 1. The van der Waals surface area contributed by atoms with E-state index < -0.39 is 0 Å². The van der Waals surface area contributed by atoms with Crippen LogP contribution in [0.5, 0.6) is 0 Å². The van der Waals surface area contributed by atoms with Crippen LogP contribution in [0.3, 0.4) is 0 Å². The highest BCUT2D eigenvalue weighted by molar-refractivity contribution is 6.00. The Morgan fingerprint density at radius 3 is 2.87 bits per heavy atom. The fraction of sp³-hybridized carbons (Fsp3) is 0.583. The number of fused-ring (bicyclic) bond motifs is 1. The maximum Gasteiger partial charge on any atom is 0.180 e. The van der Waals surface area contributed by atoms with Crippen molar-refractivity contribution in [3.05, 3.63) is 22.6 Å². The average molecular weight is 207 g/mol. The molecule has 3 heteroatoms. The van der Waals surface area contributed by atoms with Crippen molar-refractivity contribution in [1.82, 2.24) is 5.32 Å². The molecule has 15 heavy (non-hydrogen) atoms. The Labute approximate surface area is 89.9 Å². The van der Waals surface area contributed by atoms with Crippen LogP contribution >= 0.6 is 0 Å². The molecule has 0 radical (unpaired) electrons. The number of likely N-dealkylation sites (N-methyl/N-ethyl adjacent to an activating group) is 1. The van der Waals surface area contributed by atoms with Crippen LogP contribution < -0.4 is 5.32 Å². The van der Waals surface area contributed by atoms with Gasteiger partial charge in [-0.2, -0.15) is 0 Å². The molecular weight excluding hydrogens is 190 g/mol. The number of hydrogen-bond acceptors (Lipinski definition) is 3. The van der Waals surface area contributed by atoms with Gasteiger partial charge in [-0.3, -0.25) is 4.79 Å². The number of ketones is 1. The van der Waals surface area contributed by atoms with Crippen LogP contribution in [0.1, 0.15) is 40.3 Å². The van der Waals surface area contributed by atoms with E-state index in [4.69, 9.17) is 4.42 Å². The molecule has 1 aromatic heterocycles. The van der Waals surface area contributed by atoms with Gasteiger partial charge in [0, 0.05) is 12.0 Å². The SMILES string of the molecule is CNCC(=O)c1c(C)oc2c1CCCC2. The van der Waals surface area contributed by atoms with Crippen LogP contribution in [0.25, 0.3) is 0 Å². The quantitative estimate of drug-likeness (QED) is 0.769. The molecule has 2 rings (SSSR count). The van der Waals surface area contributed by atoms with Crippen molar-refractivity contribution in [2.75, 3.05) is 13.6 Å². The standard InChI is InChI=1S/C12H17NO2/c1-8-12(10(14)7-13-2)9-5-3-4-6-11(9)15-8/h13H,3-7H2,1-2H3. The lowest BCUT2D eigenvalue weighted by Gasteiger charge is -2.10. The Balaban J connectivity index is 2.37. The first kappa shape index (κ1) is 10.4. The normalized spacial score (nSPS) is 15.1. The average Bonchev–Trinajstić information content (AvgIpc) is 2.54. The van der Waals surface area contributed by atoms with E-state index in [1.165, 1.54) is 18.4 Å². The second-order valence-corrected chi connectivity index (χ2v) is 4.10. The van der Waals surface area contributed by atoms with Crippen molar-refractivity contribution < 1.29 is 9.21 Å². The molecule has 1 aliphatic rings. The van der Waals surface area contributed by atoms with E-state index in [1.54, 1.807) is 7.05 Å². The number of rotatable bonds is 3. The largest absolute Gasteiger partial charge is 0.465 e. The van der Waals surface area contributed by atoms with Gasteiger partial charge in [-0.25, -0.2) is 0 Å². The molecule has 1 N–H and O–H groups in total. The third-order valence-corrected chi connectivity index (χ3v) is 2.96. The van der Waals surface area contributed by atoms with Gasteiger partial charge in [0.05, 0.1) is 12.1 Å². The summed E-state index contributed by atoms with van der Waals surface area (Å²) in [6.07, 6.45) is 4.34. The number of hydrogen-bond donors (Lipinski definition) is 1. The first-order chi connectivity index (χ1) is 7.24. The molecule has 1 heterocycles. The summed E-state index contributed by atoms with van der Waals surface area (Å²) in [5, 5.41) is 2.90. The Morgan fingerprint density at radius 2 is 2.13 bits per heavy atom. The van der Waals surface area contributed by atoms with Crippen LogP contribution in [0.2, 0.25) is 0 Å². The minimum absolute atomic E-state index is 0.155. The van der Waals surface area contributed by atoms with Gasteiger partial charge in [0.25, 0.3) is 0 Å². The lowest BCUT2D eigenvalue weighted by molar-refractivity contribution is 0.0991. The van der Waals surface area contributed by atoms with E-state index in [2.05, 4.69) is 5.32 Å². The van der Waals surface area contributed by atoms with E-state index in [0.29, 0.717) is 6.54 Å². The Morgan fingerprint density at radius 1 is 1.40 bits per heavy atom. The highest BCUT2D eigenvalue weighted by Gasteiger charge is 2.24. The molecule has 0 bridgehead atoms. The number of furan rings is 1. The van der Waals surface area contributed by atoms with Gasteiger partial charge >= 0.3 is 0 Å². The van der Waals surface area contributed by atoms with Crippen LogP contribution in [0, 0.1) is 6.92 Å². The minimum Gasteiger partial charge on any atom is -0.465 e. The van der Waals surface area contributed by atoms with Crippen molar-refractivity contribution in [3.63, 3.8) is 0 Å². The van der Waals surface area contributed by atoms with Gasteiger partial charge in [0.15, 0.2) is 5.78 Å². The highest BCUT2D eigenvalue weighted by Crippen LogP contribution is 2.29. The predicted octanol–water partition coefficient (Wildman–Crippen LogP) is 1.87. The summed E-state index contributed by atoms with van der Waals surface area (Å²) in [6.45, 7) is 2.29.